The molecule has 2 heterocycles. The maximum absolute atomic E-state index is 2.74. The molecule has 0 radical (unpaired) electrons. The van der Waals surface area contributed by atoms with Gasteiger partial charge in [0, 0.05) is 34.0 Å². The SMILES string of the molecule is CC(C)(C)c1ccc(N2c3cc4c(cc3B3c5cc(-c6ccccc6)ccc5N(c5ccc(-c6ccccc6)cc5)c5cc(C(C)(C)C)cc2c53)C(C)(C)CC4(C)C)c(-c2ccc3c(c2)C(C)(C)CCC3(C)C)c1. The molecule has 0 fully saturated rings. The van der Waals surface area contributed by atoms with Gasteiger partial charge in [0.05, 0.1) is 5.69 Å². The molecule has 4 aliphatic rings. The molecule has 0 bridgehead atoms. The van der Waals surface area contributed by atoms with E-state index in [1.165, 1.54) is 124 Å². The van der Waals surface area contributed by atoms with Crippen LogP contribution in [0.3, 0.4) is 0 Å². The fourth-order valence-corrected chi connectivity index (χ4v) is 13.9. The van der Waals surface area contributed by atoms with E-state index in [4.69, 9.17) is 0 Å². The molecule has 0 N–H and O–H groups in total. The van der Waals surface area contributed by atoms with Crippen molar-refractivity contribution in [1.82, 2.24) is 0 Å². The molecule has 0 amide bonds. The highest BCUT2D eigenvalue weighted by Gasteiger charge is 2.49. The van der Waals surface area contributed by atoms with Crippen LogP contribution < -0.4 is 26.2 Å². The normalized spacial score (nSPS) is 17.5. The summed E-state index contributed by atoms with van der Waals surface area (Å²) in [6.45, 7) is 34.0. The van der Waals surface area contributed by atoms with Gasteiger partial charge in [0.2, 0.25) is 0 Å². The zero-order chi connectivity index (χ0) is 52.1. The number of anilines is 6. The van der Waals surface area contributed by atoms with Crippen LogP contribution in [-0.2, 0) is 32.5 Å². The minimum Gasteiger partial charge on any atom is -0.311 e. The zero-order valence-electron chi connectivity index (χ0n) is 46.7. The molecule has 74 heavy (non-hydrogen) atoms. The van der Waals surface area contributed by atoms with Gasteiger partial charge in [-0.1, -0.05) is 212 Å². The minimum atomic E-state index is -0.146. The van der Waals surface area contributed by atoms with Crippen LogP contribution in [0, 0.1) is 0 Å². The second-order valence-corrected chi connectivity index (χ2v) is 27.2. The molecule has 2 aliphatic carbocycles. The van der Waals surface area contributed by atoms with Crippen LogP contribution in [-0.4, -0.2) is 6.71 Å². The van der Waals surface area contributed by atoms with Gasteiger partial charge in [-0.05, 0) is 178 Å². The van der Waals surface area contributed by atoms with E-state index < -0.39 is 0 Å². The van der Waals surface area contributed by atoms with Crippen LogP contribution in [0.2, 0.25) is 0 Å². The topological polar surface area (TPSA) is 6.48 Å². The molecule has 0 aromatic heterocycles. The van der Waals surface area contributed by atoms with Crippen molar-refractivity contribution >= 4 is 57.2 Å². The number of hydrogen-bond donors (Lipinski definition) is 0. The highest BCUT2D eigenvalue weighted by molar-refractivity contribution is 7.00. The van der Waals surface area contributed by atoms with Crippen molar-refractivity contribution in [2.24, 2.45) is 0 Å². The molecule has 0 spiro atoms. The standard InChI is InChI=1S/C71H75BN2/c1-66(2,3)50-29-34-60(53(39-50)49-27-32-54-55(37-49)69(9,10)36-35-68(54,7)8)74-62-43-57-56(70(11,12)44-71(57,13)14)42-59(62)72-58-38-48(46-23-19-16-20-24-46)28-33-61(58)73(63-40-51(67(4,5)6)41-64(74)65(63)72)52-30-25-47(26-31-52)45-21-17-15-18-22-45/h15-34,37-43H,35-36,44H2,1-14H3. The van der Waals surface area contributed by atoms with Gasteiger partial charge in [-0.25, -0.2) is 0 Å². The van der Waals surface area contributed by atoms with E-state index in [1.807, 2.05) is 0 Å². The van der Waals surface area contributed by atoms with Gasteiger partial charge >= 0.3 is 0 Å². The molecule has 8 aromatic carbocycles. The third-order valence-electron chi connectivity index (χ3n) is 18.0. The predicted molar refractivity (Wildman–Crippen MR) is 320 cm³/mol. The number of hydrogen-bond acceptors (Lipinski definition) is 2. The lowest BCUT2D eigenvalue weighted by molar-refractivity contribution is 0.332. The predicted octanol–water partition coefficient (Wildman–Crippen LogP) is 17.7. The van der Waals surface area contributed by atoms with Gasteiger partial charge in [-0.15, -0.1) is 0 Å². The first-order valence-corrected chi connectivity index (χ1v) is 27.5. The fourth-order valence-electron chi connectivity index (χ4n) is 13.9. The molecule has 0 unspecified atom stereocenters. The van der Waals surface area contributed by atoms with E-state index in [-0.39, 0.29) is 39.2 Å². The number of rotatable bonds is 5. The van der Waals surface area contributed by atoms with E-state index in [1.54, 1.807) is 0 Å². The Bertz CT molecular complexity index is 3540. The first-order chi connectivity index (χ1) is 34.9. The first kappa shape index (κ1) is 48.4. The first-order valence-electron chi connectivity index (χ1n) is 27.5. The quantitative estimate of drug-likeness (QED) is 0.159. The van der Waals surface area contributed by atoms with Crippen molar-refractivity contribution in [2.45, 2.75) is 149 Å². The smallest absolute Gasteiger partial charge is 0.252 e. The zero-order valence-corrected chi connectivity index (χ0v) is 46.7. The van der Waals surface area contributed by atoms with Crippen LogP contribution in [0.15, 0.2) is 164 Å². The van der Waals surface area contributed by atoms with E-state index in [9.17, 15) is 0 Å². The Morgan fingerprint density at radius 3 is 1.49 bits per heavy atom. The second kappa shape index (κ2) is 16.5. The van der Waals surface area contributed by atoms with Crippen LogP contribution in [0.1, 0.15) is 150 Å². The minimum absolute atomic E-state index is 0.00168. The summed E-state index contributed by atoms with van der Waals surface area (Å²) in [5, 5.41) is 0. The van der Waals surface area contributed by atoms with Gasteiger partial charge < -0.3 is 9.80 Å². The molecule has 3 heteroatoms. The molecule has 12 rings (SSSR count). The Hall–Kier alpha value is -6.58. The Kier molecular flexibility index (Phi) is 10.8. The summed E-state index contributed by atoms with van der Waals surface area (Å²) < 4.78 is 0. The maximum Gasteiger partial charge on any atom is 0.252 e. The molecule has 0 saturated heterocycles. The maximum atomic E-state index is 2.74. The van der Waals surface area contributed by atoms with Gasteiger partial charge in [0.15, 0.2) is 0 Å². The molecular weight excluding hydrogens is 892 g/mol. The molecule has 0 saturated carbocycles. The van der Waals surface area contributed by atoms with Gasteiger partial charge in [0.25, 0.3) is 6.71 Å². The lowest BCUT2D eigenvalue weighted by Crippen LogP contribution is -2.61. The molecule has 2 aliphatic heterocycles. The van der Waals surface area contributed by atoms with Crippen molar-refractivity contribution in [1.29, 1.82) is 0 Å². The summed E-state index contributed by atoms with van der Waals surface area (Å²) in [6, 6.07) is 63.9. The number of benzene rings is 8. The summed E-state index contributed by atoms with van der Waals surface area (Å²) in [5.74, 6) is 0. The third kappa shape index (κ3) is 7.73. The van der Waals surface area contributed by atoms with E-state index in [2.05, 4.69) is 271 Å². The van der Waals surface area contributed by atoms with Crippen LogP contribution >= 0.6 is 0 Å². The Labute approximate surface area is 444 Å². The highest BCUT2D eigenvalue weighted by Crippen LogP contribution is 2.55. The van der Waals surface area contributed by atoms with Gasteiger partial charge in [-0.2, -0.15) is 0 Å². The van der Waals surface area contributed by atoms with Crippen LogP contribution in [0.5, 0.6) is 0 Å². The molecular formula is C71H75BN2. The number of fused-ring (bicyclic) bond motifs is 6. The summed E-state index contributed by atoms with van der Waals surface area (Å²) in [7, 11) is 0. The van der Waals surface area contributed by atoms with Crippen molar-refractivity contribution in [3.05, 3.63) is 197 Å². The Morgan fingerprint density at radius 1 is 0.365 bits per heavy atom. The Balaban J connectivity index is 1.20. The summed E-state index contributed by atoms with van der Waals surface area (Å²) in [6.07, 6.45) is 3.47. The van der Waals surface area contributed by atoms with Gasteiger partial charge in [-0.3, -0.25) is 0 Å². The highest BCUT2D eigenvalue weighted by atomic mass is 15.2. The Morgan fingerprint density at radius 2 is 0.865 bits per heavy atom. The third-order valence-corrected chi connectivity index (χ3v) is 18.0. The number of nitrogens with zero attached hydrogens (tertiary/aromatic N) is 2. The van der Waals surface area contributed by atoms with Crippen molar-refractivity contribution in [3.63, 3.8) is 0 Å². The van der Waals surface area contributed by atoms with Crippen LogP contribution in [0.25, 0.3) is 33.4 Å². The summed E-state index contributed by atoms with van der Waals surface area (Å²) >= 11 is 0. The lowest BCUT2D eigenvalue weighted by atomic mass is 9.33. The van der Waals surface area contributed by atoms with E-state index in [0.29, 0.717) is 0 Å². The largest absolute Gasteiger partial charge is 0.311 e. The van der Waals surface area contributed by atoms with E-state index in [0.717, 1.165) is 12.1 Å². The van der Waals surface area contributed by atoms with Crippen molar-refractivity contribution in [3.8, 4) is 33.4 Å². The molecule has 2 nitrogen and oxygen atoms in total. The van der Waals surface area contributed by atoms with Gasteiger partial charge in [0.1, 0.15) is 0 Å². The lowest BCUT2D eigenvalue weighted by Gasteiger charge is -2.46. The van der Waals surface area contributed by atoms with Crippen molar-refractivity contribution in [2.75, 3.05) is 9.80 Å². The second-order valence-electron chi connectivity index (χ2n) is 27.2. The van der Waals surface area contributed by atoms with Crippen molar-refractivity contribution < 1.29 is 0 Å². The summed E-state index contributed by atoms with van der Waals surface area (Å²) in [5.41, 5.74) is 27.7. The average Bonchev–Trinajstić information content (AvgIpc) is 3.55. The van der Waals surface area contributed by atoms with Crippen LogP contribution in [0.4, 0.5) is 34.1 Å². The monoisotopic (exact) mass is 967 g/mol. The average molecular weight is 967 g/mol. The summed E-state index contributed by atoms with van der Waals surface area (Å²) in [4.78, 5) is 5.34. The molecule has 0 atom stereocenters. The molecule has 8 aromatic rings. The molecule has 372 valence electrons. The fraction of sp³-hybridized carbons (Fsp3) is 0.324. The van der Waals surface area contributed by atoms with E-state index >= 15 is 0 Å².